The van der Waals surface area contributed by atoms with Gasteiger partial charge in [-0.2, -0.15) is 10.4 Å². The molecule has 1 saturated heterocycles. The van der Waals surface area contributed by atoms with E-state index in [1.807, 2.05) is 0 Å². The van der Waals surface area contributed by atoms with Gasteiger partial charge in [0.2, 0.25) is 5.91 Å². The number of carbonyl (C=O) groups excluding carboxylic acids is 1. The van der Waals surface area contributed by atoms with Crippen LogP contribution in [0.2, 0.25) is 0 Å². The van der Waals surface area contributed by atoms with Crippen molar-refractivity contribution in [2.75, 3.05) is 6.54 Å². The number of benzene rings is 1. The monoisotopic (exact) mass is 386 g/mol. The van der Waals surface area contributed by atoms with Crippen LogP contribution in [0.15, 0.2) is 41.8 Å². The van der Waals surface area contributed by atoms with Crippen LogP contribution in [0, 0.1) is 11.3 Å². The predicted octanol–water partition coefficient (Wildman–Crippen LogP) is -0.0561. The van der Waals surface area contributed by atoms with E-state index in [0.29, 0.717) is 18.5 Å². The smallest absolute Gasteiger partial charge is 0.238 e. The summed E-state index contributed by atoms with van der Waals surface area (Å²) in [4.78, 5) is 16.4. The number of nitrogens with zero attached hydrogens (tertiary/aromatic N) is 4. The second-order valence-electron chi connectivity index (χ2n) is 6.85. The molecule has 2 aromatic rings. The number of rotatable bonds is 5. The lowest BCUT2D eigenvalue weighted by atomic mass is 10.2. The number of nitriles is 1. The fourth-order valence-corrected chi connectivity index (χ4v) is 5.09. The molecule has 2 unspecified atom stereocenters. The van der Waals surface area contributed by atoms with Gasteiger partial charge < -0.3 is 10.6 Å². The summed E-state index contributed by atoms with van der Waals surface area (Å²) in [6, 6.07) is 8.06. The summed E-state index contributed by atoms with van der Waals surface area (Å²) in [6.45, 7) is 0.172. The van der Waals surface area contributed by atoms with Crippen LogP contribution in [0.4, 0.5) is 0 Å². The molecule has 2 fully saturated rings. The largest absolute Gasteiger partial charge is 0.336 e. The van der Waals surface area contributed by atoms with Crippen molar-refractivity contribution in [1.82, 2.24) is 25.4 Å². The average Bonchev–Trinajstić information content (AvgIpc) is 3.10. The van der Waals surface area contributed by atoms with Gasteiger partial charge >= 0.3 is 0 Å². The van der Waals surface area contributed by atoms with Gasteiger partial charge in [0.15, 0.2) is 9.84 Å². The molecule has 2 N–H and O–H groups in total. The summed E-state index contributed by atoms with van der Waals surface area (Å²) in [5.74, 6) is -0.323. The highest BCUT2D eigenvalue weighted by Gasteiger charge is 2.47. The summed E-state index contributed by atoms with van der Waals surface area (Å²) in [6.07, 6.45) is 4.20. The van der Waals surface area contributed by atoms with E-state index >= 15 is 0 Å². The van der Waals surface area contributed by atoms with Crippen LogP contribution in [0.25, 0.3) is 5.69 Å². The number of amides is 1. The van der Waals surface area contributed by atoms with Crippen LogP contribution in [0.5, 0.6) is 0 Å². The molecular formula is C17H18N6O3S. The van der Waals surface area contributed by atoms with Crippen molar-refractivity contribution in [2.45, 2.75) is 41.0 Å². The number of carbonyl (C=O) groups is 1. The molecule has 1 aliphatic heterocycles. The Morgan fingerprint density at radius 3 is 2.81 bits per heavy atom. The first kappa shape index (κ1) is 17.6. The Kier molecular flexibility index (Phi) is 4.20. The molecule has 2 atom stereocenters. The van der Waals surface area contributed by atoms with E-state index in [-0.39, 0.29) is 23.8 Å². The summed E-state index contributed by atoms with van der Waals surface area (Å²) in [7, 11) is -3.69. The quantitative estimate of drug-likeness (QED) is 0.736. The number of hydrogen-bond donors (Lipinski definition) is 2. The summed E-state index contributed by atoms with van der Waals surface area (Å²) >= 11 is 0. The second-order valence-corrected chi connectivity index (χ2v) is 9.05. The number of hydrogen-bond acceptors (Lipinski definition) is 7. The third-order valence-electron chi connectivity index (χ3n) is 5.01. The zero-order valence-electron chi connectivity index (χ0n) is 14.4. The standard InChI is InChI=1S/C17H18N6O3S/c18-9-17(5-6-17)22-16(24)13-7-12(8-20-13)27(25,26)15-4-2-1-3-14(15)23-11-19-10-21-23/h1-4,10-13,20H,5-8H2,(H,22,24). The highest BCUT2D eigenvalue weighted by Crippen LogP contribution is 2.35. The Balaban J connectivity index is 1.54. The van der Waals surface area contributed by atoms with Gasteiger partial charge in [-0.3, -0.25) is 4.79 Å². The van der Waals surface area contributed by atoms with Crippen molar-refractivity contribution < 1.29 is 13.2 Å². The minimum Gasteiger partial charge on any atom is -0.336 e. The van der Waals surface area contributed by atoms with Gasteiger partial charge in [0.1, 0.15) is 18.2 Å². The van der Waals surface area contributed by atoms with Gasteiger partial charge in [0.25, 0.3) is 0 Å². The molecule has 9 nitrogen and oxygen atoms in total. The zero-order chi connectivity index (χ0) is 19.1. The summed E-state index contributed by atoms with van der Waals surface area (Å²) in [5, 5.41) is 18.1. The van der Waals surface area contributed by atoms with E-state index < -0.39 is 26.7 Å². The predicted molar refractivity (Wildman–Crippen MR) is 94.5 cm³/mol. The van der Waals surface area contributed by atoms with E-state index in [1.165, 1.54) is 23.4 Å². The SMILES string of the molecule is N#CC1(NC(=O)C2CC(S(=O)(=O)c3ccccc3-n3cncn3)CN2)CC1. The second kappa shape index (κ2) is 6.44. The molecule has 1 saturated carbocycles. The van der Waals surface area contributed by atoms with E-state index in [0.717, 1.165) is 0 Å². The van der Waals surface area contributed by atoms with Crippen molar-refractivity contribution in [3.8, 4) is 11.8 Å². The van der Waals surface area contributed by atoms with Crippen LogP contribution in [0.3, 0.4) is 0 Å². The normalized spacial score (nSPS) is 23.5. The van der Waals surface area contributed by atoms with E-state index in [4.69, 9.17) is 5.26 Å². The topological polar surface area (TPSA) is 130 Å². The van der Waals surface area contributed by atoms with Crippen LogP contribution in [0.1, 0.15) is 19.3 Å². The lowest BCUT2D eigenvalue weighted by Crippen LogP contribution is -2.45. The summed E-state index contributed by atoms with van der Waals surface area (Å²) < 4.78 is 27.8. The first-order valence-corrected chi connectivity index (χ1v) is 10.1. The van der Waals surface area contributed by atoms with Crippen molar-refractivity contribution >= 4 is 15.7 Å². The van der Waals surface area contributed by atoms with Gasteiger partial charge in [-0.25, -0.2) is 18.1 Å². The molecule has 0 spiro atoms. The van der Waals surface area contributed by atoms with Crippen LogP contribution < -0.4 is 10.6 Å². The molecule has 140 valence electrons. The molecule has 27 heavy (non-hydrogen) atoms. The Morgan fingerprint density at radius 2 is 2.15 bits per heavy atom. The maximum absolute atomic E-state index is 13.2. The molecule has 1 amide bonds. The van der Waals surface area contributed by atoms with Gasteiger partial charge in [0.05, 0.1) is 27.9 Å². The average molecular weight is 386 g/mol. The molecule has 1 aliphatic carbocycles. The highest BCUT2D eigenvalue weighted by atomic mass is 32.2. The minimum absolute atomic E-state index is 0.152. The highest BCUT2D eigenvalue weighted by molar-refractivity contribution is 7.92. The van der Waals surface area contributed by atoms with Crippen LogP contribution >= 0.6 is 0 Å². The molecule has 1 aromatic carbocycles. The van der Waals surface area contributed by atoms with Crippen molar-refractivity contribution in [1.29, 1.82) is 5.26 Å². The maximum atomic E-state index is 13.2. The molecular weight excluding hydrogens is 368 g/mol. The molecule has 2 heterocycles. The summed E-state index contributed by atoms with van der Waals surface area (Å²) in [5.41, 5.74) is -0.348. The third-order valence-corrected chi connectivity index (χ3v) is 7.20. The lowest BCUT2D eigenvalue weighted by Gasteiger charge is -2.15. The first-order chi connectivity index (χ1) is 13.0. The fourth-order valence-electron chi connectivity index (χ4n) is 3.25. The zero-order valence-corrected chi connectivity index (χ0v) is 15.2. The van der Waals surface area contributed by atoms with Gasteiger partial charge in [-0.05, 0) is 31.4 Å². The lowest BCUT2D eigenvalue weighted by molar-refractivity contribution is -0.123. The molecule has 4 rings (SSSR count). The number of para-hydroxylation sites is 1. The molecule has 10 heteroatoms. The van der Waals surface area contributed by atoms with Gasteiger partial charge in [-0.15, -0.1) is 0 Å². The molecule has 0 bridgehead atoms. The van der Waals surface area contributed by atoms with Crippen molar-refractivity contribution in [3.05, 3.63) is 36.9 Å². The number of aromatic nitrogens is 3. The van der Waals surface area contributed by atoms with Gasteiger partial charge in [-0.1, -0.05) is 12.1 Å². The molecule has 2 aliphatic rings. The van der Waals surface area contributed by atoms with Crippen LogP contribution in [-0.2, 0) is 14.6 Å². The Labute approximate surface area is 156 Å². The van der Waals surface area contributed by atoms with E-state index in [2.05, 4.69) is 26.8 Å². The fraction of sp³-hybridized carbons (Fsp3) is 0.412. The number of sulfone groups is 1. The van der Waals surface area contributed by atoms with Crippen molar-refractivity contribution in [3.63, 3.8) is 0 Å². The molecule has 0 radical (unpaired) electrons. The maximum Gasteiger partial charge on any atom is 0.238 e. The Hall–Kier alpha value is -2.77. The van der Waals surface area contributed by atoms with Crippen LogP contribution in [-0.4, -0.2) is 52.5 Å². The molecule has 1 aromatic heterocycles. The third kappa shape index (κ3) is 3.20. The van der Waals surface area contributed by atoms with Crippen molar-refractivity contribution in [2.24, 2.45) is 0 Å². The van der Waals surface area contributed by atoms with Gasteiger partial charge in [0, 0.05) is 6.54 Å². The number of nitrogens with one attached hydrogen (secondary N) is 2. The van der Waals surface area contributed by atoms with E-state index in [1.54, 1.807) is 18.2 Å². The first-order valence-electron chi connectivity index (χ1n) is 8.60. The van der Waals surface area contributed by atoms with E-state index in [9.17, 15) is 13.2 Å². The Bertz CT molecular complexity index is 1010. The minimum atomic E-state index is -3.69. The Morgan fingerprint density at radius 1 is 1.37 bits per heavy atom.